The van der Waals surface area contributed by atoms with Crippen molar-refractivity contribution < 1.29 is 18.0 Å². The molecule has 3 rings (SSSR count). The fourth-order valence-electron chi connectivity index (χ4n) is 2.55. The van der Waals surface area contributed by atoms with Crippen LogP contribution in [0, 0.1) is 0 Å². The molecule has 152 valence electrons. The van der Waals surface area contributed by atoms with Crippen LogP contribution in [0.2, 0.25) is 0 Å². The van der Waals surface area contributed by atoms with Crippen molar-refractivity contribution in [3.05, 3.63) is 52.1 Å². The molecule has 0 radical (unpaired) electrons. The minimum absolute atomic E-state index is 0.0373. The lowest BCUT2D eigenvalue weighted by Gasteiger charge is -2.15. The summed E-state index contributed by atoms with van der Waals surface area (Å²) in [6.45, 7) is 2.77. The van der Waals surface area contributed by atoms with Crippen LogP contribution in [0.3, 0.4) is 0 Å². The number of thiazole rings is 1. The van der Waals surface area contributed by atoms with Crippen molar-refractivity contribution in [3.8, 4) is 0 Å². The van der Waals surface area contributed by atoms with E-state index in [9.17, 15) is 22.8 Å². The Morgan fingerprint density at radius 1 is 1.03 bits per heavy atom. The highest BCUT2D eigenvalue weighted by Gasteiger charge is 2.22. The van der Waals surface area contributed by atoms with Crippen LogP contribution in [0.25, 0.3) is 10.2 Å². The molecule has 0 aliphatic carbocycles. The van der Waals surface area contributed by atoms with E-state index in [1.165, 1.54) is 38.1 Å². The Labute approximate surface area is 170 Å². The second-order valence-corrected chi connectivity index (χ2v) is 8.99. The van der Waals surface area contributed by atoms with Gasteiger partial charge in [-0.05, 0) is 49.4 Å². The average molecular weight is 434 g/mol. The van der Waals surface area contributed by atoms with E-state index in [0.717, 1.165) is 11.3 Å². The monoisotopic (exact) mass is 434 g/mol. The van der Waals surface area contributed by atoms with Gasteiger partial charge in [0.2, 0.25) is 21.8 Å². The fraction of sp³-hybridized carbons (Fsp3) is 0.167. The summed E-state index contributed by atoms with van der Waals surface area (Å²) in [6, 6.07) is 9.45. The number of rotatable bonds is 6. The number of fused-ring (bicyclic) bond motifs is 1. The van der Waals surface area contributed by atoms with Gasteiger partial charge in [-0.1, -0.05) is 11.3 Å². The molecular weight excluding hydrogens is 416 g/mol. The Hall–Kier alpha value is -3.02. The molecule has 3 aromatic rings. The molecular formula is C18H18N4O5S2. The summed E-state index contributed by atoms with van der Waals surface area (Å²) < 4.78 is 28.0. The number of aromatic nitrogens is 1. The first-order chi connectivity index (χ1) is 13.6. The number of hydrogen-bond acceptors (Lipinski definition) is 6. The first-order valence-corrected chi connectivity index (χ1v) is 10.8. The van der Waals surface area contributed by atoms with Crippen LogP contribution in [-0.4, -0.2) is 31.3 Å². The van der Waals surface area contributed by atoms with Gasteiger partial charge in [-0.3, -0.25) is 14.4 Å². The molecule has 0 saturated heterocycles. The maximum atomic E-state index is 12.5. The number of sulfonamides is 1. The van der Waals surface area contributed by atoms with Crippen LogP contribution in [0.5, 0.6) is 0 Å². The van der Waals surface area contributed by atoms with Gasteiger partial charge in [-0.25, -0.2) is 8.42 Å². The number of anilines is 2. The summed E-state index contributed by atoms with van der Waals surface area (Å²) in [6.07, 6.45) is 0. The molecule has 1 atom stereocenters. The Morgan fingerprint density at radius 3 is 2.34 bits per heavy atom. The van der Waals surface area contributed by atoms with Crippen molar-refractivity contribution in [2.24, 2.45) is 0 Å². The van der Waals surface area contributed by atoms with E-state index in [1.807, 2.05) is 0 Å². The normalized spacial score (nSPS) is 12.5. The lowest BCUT2D eigenvalue weighted by molar-refractivity contribution is -0.117. The lowest BCUT2D eigenvalue weighted by atomic mass is 10.2. The van der Waals surface area contributed by atoms with Crippen LogP contribution in [0.1, 0.15) is 13.8 Å². The second-order valence-electron chi connectivity index (χ2n) is 6.26. The first-order valence-electron chi connectivity index (χ1n) is 8.48. The summed E-state index contributed by atoms with van der Waals surface area (Å²) >= 11 is 1.01. The van der Waals surface area contributed by atoms with Gasteiger partial charge in [0, 0.05) is 18.3 Å². The molecule has 0 bridgehead atoms. The van der Waals surface area contributed by atoms with Crippen molar-refractivity contribution in [3.63, 3.8) is 0 Å². The average Bonchev–Trinajstić information content (AvgIpc) is 3.00. The minimum atomic E-state index is -3.94. The number of carbonyl (C=O) groups is 2. The van der Waals surface area contributed by atoms with E-state index in [2.05, 4.69) is 20.3 Å². The SMILES string of the molecule is CC(=O)Nc1ccc(S(=O)(=O)N[C@@H](C)C(=O)Nc2ccc3[nH]c(=O)sc3c2)cc1. The van der Waals surface area contributed by atoms with Gasteiger partial charge in [-0.15, -0.1) is 0 Å². The van der Waals surface area contributed by atoms with Gasteiger partial charge in [0.25, 0.3) is 0 Å². The third-order valence-electron chi connectivity index (χ3n) is 3.90. The van der Waals surface area contributed by atoms with Crippen molar-refractivity contribution in [1.29, 1.82) is 0 Å². The molecule has 9 nitrogen and oxygen atoms in total. The van der Waals surface area contributed by atoms with Crippen molar-refractivity contribution >= 4 is 54.8 Å². The predicted octanol–water partition coefficient (Wildman–Crippen LogP) is 1.85. The standard InChI is InChI=1S/C18H18N4O5S2/c1-10(17(24)20-13-5-8-15-16(9-13)28-18(25)21-15)22-29(26,27)14-6-3-12(4-7-14)19-11(2)23/h3-10,22H,1-2H3,(H,19,23)(H,20,24)(H,21,25)/t10-/m0/s1. The zero-order chi connectivity index (χ0) is 21.2. The van der Waals surface area contributed by atoms with Crippen LogP contribution in [0.4, 0.5) is 11.4 Å². The first kappa shape index (κ1) is 20.7. The molecule has 0 saturated carbocycles. The maximum Gasteiger partial charge on any atom is 0.305 e. The van der Waals surface area contributed by atoms with Crippen LogP contribution in [0.15, 0.2) is 52.2 Å². The zero-order valence-electron chi connectivity index (χ0n) is 15.5. The summed E-state index contributed by atoms with van der Waals surface area (Å²) in [4.78, 5) is 37.2. The predicted molar refractivity (Wildman–Crippen MR) is 112 cm³/mol. The zero-order valence-corrected chi connectivity index (χ0v) is 17.1. The molecule has 0 aliphatic rings. The van der Waals surface area contributed by atoms with E-state index < -0.39 is 22.0 Å². The molecule has 0 unspecified atom stereocenters. The van der Waals surface area contributed by atoms with Crippen molar-refractivity contribution in [2.45, 2.75) is 24.8 Å². The molecule has 2 aromatic carbocycles. The van der Waals surface area contributed by atoms with E-state index in [4.69, 9.17) is 0 Å². The molecule has 4 N–H and O–H groups in total. The smallest absolute Gasteiger partial charge is 0.305 e. The fourth-order valence-corrected chi connectivity index (χ4v) is 4.53. The lowest BCUT2D eigenvalue weighted by Crippen LogP contribution is -2.41. The number of aromatic amines is 1. The van der Waals surface area contributed by atoms with E-state index in [-0.39, 0.29) is 15.7 Å². The van der Waals surface area contributed by atoms with Crippen LogP contribution < -0.4 is 20.2 Å². The second kappa shape index (κ2) is 8.15. The highest BCUT2D eigenvalue weighted by atomic mass is 32.2. The van der Waals surface area contributed by atoms with E-state index in [0.29, 0.717) is 21.6 Å². The molecule has 29 heavy (non-hydrogen) atoms. The molecule has 11 heteroatoms. The van der Waals surface area contributed by atoms with Gasteiger partial charge in [-0.2, -0.15) is 4.72 Å². The highest BCUT2D eigenvalue weighted by Crippen LogP contribution is 2.20. The Morgan fingerprint density at radius 2 is 1.69 bits per heavy atom. The van der Waals surface area contributed by atoms with Gasteiger partial charge >= 0.3 is 4.87 Å². The van der Waals surface area contributed by atoms with E-state index in [1.54, 1.807) is 18.2 Å². The number of nitrogens with one attached hydrogen (secondary N) is 4. The van der Waals surface area contributed by atoms with Gasteiger partial charge < -0.3 is 15.6 Å². The number of benzene rings is 2. The topological polar surface area (TPSA) is 137 Å². The summed E-state index contributed by atoms with van der Waals surface area (Å²) in [5, 5.41) is 5.17. The van der Waals surface area contributed by atoms with Gasteiger partial charge in [0.15, 0.2) is 0 Å². The third-order valence-corrected chi connectivity index (χ3v) is 6.30. The van der Waals surface area contributed by atoms with Crippen LogP contribution in [-0.2, 0) is 19.6 Å². The quantitative estimate of drug-likeness (QED) is 0.469. The molecule has 0 fully saturated rings. The molecule has 1 aromatic heterocycles. The minimum Gasteiger partial charge on any atom is -0.326 e. The third kappa shape index (κ3) is 5.08. The Bertz CT molecular complexity index is 1230. The van der Waals surface area contributed by atoms with Crippen molar-refractivity contribution in [1.82, 2.24) is 9.71 Å². The summed E-state index contributed by atoms with van der Waals surface area (Å²) in [5.74, 6) is -0.820. The van der Waals surface area contributed by atoms with Gasteiger partial charge in [0.1, 0.15) is 0 Å². The Kier molecular flexibility index (Phi) is 5.82. The highest BCUT2D eigenvalue weighted by molar-refractivity contribution is 7.89. The molecule has 1 heterocycles. The number of amides is 2. The van der Waals surface area contributed by atoms with Crippen molar-refractivity contribution in [2.75, 3.05) is 10.6 Å². The number of H-pyrrole nitrogens is 1. The number of carbonyl (C=O) groups excluding carboxylic acids is 2. The summed E-state index contributed by atoms with van der Waals surface area (Å²) in [7, 11) is -3.94. The largest absolute Gasteiger partial charge is 0.326 e. The Balaban J connectivity index is 1.68. The van der Waals surface area contributed by atoms with Crippen LogP contribution >= 0.6 is 11.3 Å². The summed E-state index contributed by atoms with van der Waals surface area (Å²) in [5.41, 5.74) is 1.57. The molecule has 2 amide bonds. The number of hydrogen-bond donors (Lipinski definition) is 4. The van der Waals surface area contributed by atoms with E-state index >= 15 is 0 Å². The molecule has 0 spiro atoms. The molecule has 0 aliphatic heterocycles. The van der Waals surface area contributed by atoms with Gasteiger partial charge in [0.05, 0.1) is 21.2 Å². The maximum absolute atomic E-state index is 12.5.